The van der Waals surface area contributed by atoms with Gasteiger partial charge in [-0.2, -0.15) is 5.26 Å². The molecule has 0 aromatic heterocycles. The summed E-state index contributed by atoms with van der Waals surface area (Å²) in [6, 6.07) is 3.69. The Morgan fingerprint density at radius 3 is 2.38 bits per heavy atom. The molecule has 0 N–H and O–H groups in total. The first-order valence-corrected chi connectivity index (χ1v) is 6.35. The van der Waals surface area contributed by atoms with Crippen molar-refractivity contribution in [3.8, 4) is 6.07 Å². The van der Waals surface area contributed by atoms with Crippen molar-refractivity contribution < 1.29 is 17.2 Å². The minimum atomic E-state index is -4.25. The third-order valence-electron chi connectivity index (χ3n) is 1.91. The maximum Gasteiger partial charge on any atom is 0.265 e. The van der Waals surface area contributed by atoms with Gasteiger partial charge in [0.1, 0.15) is 0 Å². The zero-order chi connectivity index (χ0) is 12.5. The van der Waals surface area contributed by atoms with Crippen LogP contribution in [0.25, 0.3) is 0 Å². The van der Waals surface area contributed by atoms with Crippen LogP contribution in [0, 0.1) is 18.3 Å². The number of hydrogen-bond donors (Lipinski definition) is 0. The smallest absolute Gasteiger partial charge is 0.207 e. The molecule has 0 spiro atoms. The molecule has 0 saturated heterocycles. The van der Waals surface area contributed by atoms with Crippen molar-refractivity contribution in [2.75, 3.05) is 0 Å². The number of benzene rings is 1. The number of halogens is 3. The molecule has 0 atom stereocenters. The van der Waals surface area contributed by atoms with E-state index in [1.807, 2.05) is 0 Å². The lowest BCUT2D eigenvalue weighted by molar-refractivity contribution is 0.148. The molecule has 1 aromatic rings. The van der Waals surface area contributed by atoms with Crippen LogP contribution in [0.5, 0.6) is 0 Å². The van der Waals surface area contributed by atoms with Gasteiger partial charge in [-0.1, -0.05) is 0 Å². The van der Waals surface area contributed by atoms with Gasteiger partial charge in [-0.15, -0.1) is 0 Å². The molecule has 0 aliphatic heterocycles. The lowest BCUT2D eigenvalue weighted by Gasteiger charge is -2.09. The molecular formula is C9H6ClF2NO2S. The highest BCUT2D eigenvalue weighted by Gasteiger charge is 2.24. The first-order valence-electron chi connectivity index (χ1n) is 4.05. The fourth-order valence-corrected chi connectivity index (χ4v) is 2.87. The van der Waals surface area contributed by atoms with Gasteiger partial charge >= 0.3 is 0 Å². The van der Waals surface area contributed by atoms with Gasteiger partial charge < -0.3 is 0 Å². The number of nitrogens with zero attached hydrogens (tertiary/aromatic N) is 1. The molecule has 0 amide bonds. The Kier molecular flexibility index (Phi) is 3.51. The molecule has 86 valence electrons. The molecule has 0 aliphatic rings. The fourth-order valence-electron chi connectivity index (χ4n) is 1.36. The molecule has 0 unspecified atom stereocenters. The maximum absolute atomic E-state index is 12.6. The highest BCUT2D eigenvalue weighted by Crippen LogP contribution is 2.32. The largest absolute Gasteiger partial charge is 0.265 e. The lowest BCUT2D eigenvalue weighted by Crippen LogP contribution is -2.02. The number of rotatable bonds is 2. The van der Waals surface area contributed by atoms with Gasteiger partial charge in [-0.25, -0.2) is 17.2 Å². The Balaban J connectivity index is 3.68. The predicted octanol–water partition coefficient (Wildman–Crippen LogP) is 2.73. The van der Waals surface area contributed by atoms with Gasteiger partial charge in [0.2, 0.25) is 0 Å². The molecule has 0 aliphatic carbocycles. The summed E-state index contributed by atoms with van der Waals surface area (Å²) in [6.45, 7) is 1.31. The van der Waals surface area contributed by atoms with E-state index in [1.165, 1.54) is 13.0 Å². The number of alkyl halides is 2. The van der Waals surface area contributed by atoms with Crippen molar-refractivity contribution in [2.24, 2.45) is 0 Å². The van der Waals surface area contributed by atoms with Gasteiger partial charge in [0.25, 0.3) is 15.5 Å². The van der Waals surface area contributed by atoms with Crippen molar-refractivity contribution in [3.05, 3.63) is 28.8 Å². The first-order chi connectivity index (χ1) is 7.27. The molecule has 7 heteroatoms. The van der Waals surface area contributed by atoms with Crippen LogP contribution >= 0.6 is 10.7 Å². The van der Waals surface area contributed by atoms with Crippen LogP contribution < -0.4 is 0 Å². The molecule has 0 bridgehead atoms. The summed E-state index contributed by atoms with van der Waals surface area (Å²) >= 11 is 0. The van der Waals surface area contributed by atoms with Crippen LogP contribution in [0.2, 0.25) is 0 Å². The highest BCUT2D eigenvalue weighted by molar-refractivity contribution is 8.13. The normalized spacial score (nSPS) is 11.5. The van der Waals surface area contributed by atoms with Crippen molar-refractivity contribution in [1.29, 1.82) is 5.26 Å². The SMILES string of the molecule is Cc1cc(C#N)cc(C(F)F)c1S(=O)(=O)Cl. The average Bonchev–Trinajstić information content (AvgIpc) is 2.14. The second-order valence-electron chi connectivity index (χ2n) is 3.06. The lowest BCUT2D eigenvalue weighted by atomic mass is 10.1. The van der Waals surface area contributed by atoms with Crippen LogP contribution in [-0.4, -0.2) is 8.42 Å². The molecule has 0 radical (unpaired) electrons. The van der Waals surface area contributed by atoms with Crippen LogP contribution in [0.3, 0.4) is 0 Å². The average molecular weight is 266 g/mol. The maximum atomic E-state index is 12.6. The highest BCUT2D eigenvalue weighted by atomic mass is 35.7. The molecular weight excluding hydrogens is 260 g/mol. The molecule has 16 heavy (non-hydrogen) atoms. The molecule has 1 rings (SSSR count). The van der Waals surface area contributed by atoms with E-state index < -0.39 is 25.9 Å². The quantitative estimate of drug-likeness (QED) is 0.773. The summed E-state index contributed by atoms with van der Waals surface area (Å²) in [5.74, 6) is 0. The Hall–Kier alpha value is -1.19. The molecule has 3 nitrogen and oxygen atoms in total. The molecule has 0 heterocycles. The third kappa shape index (κ3) is 2.49. The zero-order valence-electron chi connectivity index (χ0n) is 8.04. The minimum absolute atomic E-state index is 0.0307. The van der Waals surface area contributed by atoms with Crippen LogP contribution in [-0.2, 0) is 9.05 Å². The van der Waals surface area contributed by atoms with Crippen LogP contribution in [0.15, 0.2) is 17.0 Å². The Morgan fingerprint density at radius 1 is 1.44 bits per heavy atom. The van der Waals surface area contributed by atoms with E-state index in [-0.39, 0.29) is 11.1 Å². The summed E-state index contributed by atoms with van der Waals surface area (Å²) in [5, 5.41) is 8.58. The van der Waals surface area contributed by atoms with E-state index in [1.54, 1.807) is 6.07 Å². The van der Waals surface area contributed by atoms with Crippen LogP contribution in [0.1, 0.15) is 23.1 Å². The minimum Gasteiger partial charge on any atom is -0.207 e. The van der Waals surface area contributed by atoms with Crippen LogP contribution in [0.4, 0.5) is 8.78 Å². The number of hydrogen-bond acceptors (Lipinski definition) is 3. The number of nitriles is 1. The Labute approximate surface area is 95.7 Å². The fraction of sp³-hybridized carbons (Fsp3) is 0.222. The standard InChI is InChI=1S/C9H6ClF2NO2S/c1-5-2-6(4-13)3-7(9(11)12)8(5)16(10,14)15/h2-3,9H,1H3. The summed E-state index contributed by atoms with van der Waals surface area (Å²) in [7, 11) is 0.813. The molecule has 0 fully saturated rings. The van der Waals surface area contributed by atoms with E-state index in [9.17, 15) is 17.2 Å². The van der Waals surface area contributed by atoms with Crippen molar-refractivity contribution in [3.63, 3.8) is 0 Å². The van der Waals surface area contributed by atoms with E-state index >= 15 is 0 Å². The predicted molar refractivity (Wildman–Crippen MR) is 53.9 cm³/mol. The second kappa shape index (κ2) is 4.36. The third-order valence-corrected chi connectivity index (χ3v) is 3.42. The summed E-state index contributed by atoms with van der Waals surface area (Å²) in [4.78, 5) is -0.622. The van der Waals surface area contributed by atoms with Gasteiger partial charge in [0, 0.05) is 16.2 Å². The van der Waals surface area contributed by atoms with Gasteiger partial charge in [0.15, 0.2) is 0 Å². The Bertz CT molecular complexity index is 564. The first kappa shape index (κ1) is 12.9. The van der Waals surface area contributed by atoms with E-state index in [0.717, 1.165) is 6.07 Å². The van der Waals surface area contributed by atoms with Crippen molar-refractivity contribution >= 4 is 19.7 Å². The second-order valence-corrected chi connectivity index (χ2v) is 5.56. The van der Waals surface area contributed by atoms with E-state index in [2.05, 4.69) is 0 Å². The summed E-state index contributed by atoms with van der Waals surface area (Å²) in [6.07, 6.45) is -3.00. The van der Waals surface area contributed by atoms with Crippen molar-refractivity contribution in [2.45, 2.75) is 18.2 Å². The summed E-state index contributed by atoms with van der Waals surface area (Å²) in [5.41, 5.74) is -0.743. The van der Waals surface area contributed by atoms with E-state index in [0.29, 0.717) is 0 Å². The monoisotopic (exact) mass is 265 g/mol. The van der Waals surface area contributed by atoms with Gasteiger partial charge in [-0.3, -0.25) is 0 Å². The van der Waals surface area contributed by atoms with Crippen molar-refractivity contribution in [1.82, 2.24) is 0 Å². The zero-order valence-corrected chi connectivity index (χ0v) is 9.61. The van der Waals surface area contributed by atoms with E-state index in [4.69, 9.17) is 15.9 Å². The summed E-state index contributed by atoms with van der Waals surface area (Å²) < 4.78 is 47.5. The molecule has 0 saturated carbocycles. The molecule has 1 aromatic carbocycles. The van der Waals surface area contributed by atoms with Gasteiger partial charge in [-0.05, 0) is 24.6 Å². The topological polar surface area (TPSA) is 57.9 Å². The number of aryl methyl sites for hydroxylation is 1. The Morgan fingerprint density at radius 2 is 2.00 bits per heavy atom. The van der Waals surface area contributed by atoms with Gasteiger partial charge in [0.05, 0.1) is 16.5 Å².